The molecular weight excluding hydrogens is 587 g/mol. The summed E-state index contributed by atoms with van der Waals surface area (Å²) in [5, 5.41) is 6.77. The molecule has 10 heteroatoms. The van der Waals surface area contributed by atoms with Gasteiger partial charge in [0, 0.05) is 20.4 Å². The zero-order chi connectivity index (χ0) is 29.1. The van der Waals surface area contributed by atoms with Crippen molar-refractivity contribution in [3.63, 3.8) is 0 Å². The zero-order valence-corrected chi connectivity index (χ0v) is 25.6. The number of carbonyl (C=O) groups is 3. The number of thiophene rings is 1. The molecule has 2 unspecified atom stereocenters. The number of hydrogen-bond acceptors (Lipinski definition) is 7. The van der Waals surface area contributed by atoms with Crippen LogP contribution < -0.4 is 15.5 Å². The standard InChI is InChI=1S/C32H31N3O4S3/c1-2-39-31(37)29-22-12-3-6-15-25(22)42-30(29)34-28(36)19-40-21-11-9-10-20(18-21)33-32(38)35-23-13-4-7-16-26(23)41-27-17-8-5-14-24(27)35/h4-5,7-11,13-14,16-18,23,26H,2-3,6,12,15,19H2,1H3,(H,33,38)(H,34,36). The first kappa shape index (κ1) is 28.6. The first-order valence-electron chi connectivity index (χ1n) is 14.1. The summed E-state index contributed by atoms with van der Waals surface area (Å²) < 4.78 is 5.31. The van der Waals surface area contributed by atoms with E-state index in [4.69, 9.17) is 4.74 Å². The number of thioether (sulfide) groups is 2. The predicted octanol–water partition coefficient (Wildman–Crippen LogP) is 7.54. The number of esters is 1. The fourth-order valence-corrected chi connectivity index (χ4v) is 8.76. The molecule has 3 aliphatic rings. The van der Waals surface area contributed by atoms with Crippen molar-refractivity contribution >= 4 is 69.1 Å². The Kier molecular flexibility index (Phi) is 8.73. The number of benzene rings is 2. The first-order valence-corrected chi connectivity index (χ1v) is 16.7. The van der Waals surface area contributed by atoms with Gasteiger partial charge in [-0.1, -0.05) is 42.5 Å². The molecule has 2 atom stereocenters. The van der Waals surface area contributed by atoms with E-state index in [0.29, 0.717) is 16.3 Å². The Morgan fingerprint density at radius 3 is 2.74 bits per heavy atom. The van der Waals surface area contributed by atoms with Crippen molar-refractivity contribution in [3.05, 3.63) is 88.8 Å². The fourth-order valence-electron chi connectivity index (χ4n) is 5.46. The molecule has 3 aromatic rings. The number of urea groups is 1. The summed E-state index contributed by atoms with van der Waals surface area (Å²) in [6.07, 6.45) is 12.1. The normalized spacial score (nSPS) is 18.5. The number of anilines is 3. The highest BCUT2D eigenvalue weighted by atomic mass is 32.2. The molecule has 0 saturated heterocycles. The predicted molar refractivity (Wildman–Crippen MR) is 172 cm³/mol. The van der Waals surface area contributed by atoms with Gasteiger partial charge in [-0.05, 0) is 68.5 Å². The lowest BCUT2D eigenvalue weighted by Crippen LogP contribution is -2.49. The van der Waals surface area contributed by atoms with Crippen LogP contribution >= 0.6 is 34.9 Å². The van der Waals surface area contributed by atoms with E-state index in [1.165, 1.54) is 23.1 Å². The van der Waals surface area contributed by atoms with E-state index in [2.05, 4.69) is 22.8 Å². The fraction of sp³-hybridized carbons (Fsp3) is 0.281. The van der Waals surface area contributed by atoms with Gasteiger partial charge in [0.25, 0.3) is 0 Å². The molecule has 0 fully saturated rings. The summed E-state index contributed by atoms with van der Waals surface area (Å²) in [4.78, 5) is 44.2. The molecule has 6 rings (SSSR count). The Morgan fingerprint density at radius 1 is 1.02 bits per heavy atom. The summed E-state index contributed by atoms with van der Waals surface area (Å²) in [5.41, 5.74) is 3.09. The largest absolute Gasteiger partial charge is 0.462 e. The van der Waals surface area contributed by atoms with Crippen LogP contribution in [0.4, 0.5) is 21.2 Å². The topological polar surface area (TPSA) is 87.7 Å². The molecule has 7 nitrogen and oxygen atoms in total. The first-order chi connectivity index (χ1) is 20.5. The number of rotatable bonds is 7. The Morgan fingerprint density at radius 2 is 1.86 bits per heavy atom. The molecule has 0 spiro atoms. The summed E-state index contributed by atoms with van der Waals surface area (Å²) in [5.74, 6) is -0.395. The van der Waals surface area contributed by atoms with Crippen LogP contribution in [-0.2, 0) is 22.4 Å². The number of hydrogen-bond donors (Lipinski definition) is 2. The van der Waals surface area contributed by atoms with Crippen LogP contribution in [0.15, 0.2) is 82.6 Å². The number of nitrogens with one attached hydrogen (secondary N) is 2. The van der Waals surface area contributed by atoms with Crippen molar-refractivity contribution in [1.29, 1.82) is 0 Å². The number of para-hydroxylation sites is 1. The molecule has 216 valence electrons. The van der Waals surface area contributed by atoms with Crippen LogP contribution in [0.25, 0.3) is 0 Å². The minimum Gasteiger partial charge on any atom is -0.462 e. The van der Waals surface area contributed by atoms with E-state index in [1.807, 2.05) is 65.6 Å². The molecule has 1 aromatic heterocycles. The number of aryl methyl sites for hydroxylation is 1. The van der Waals surface area contributed by atoms with Gasteiger partial charge >= 0.3 is 12.0 Å². The third-order valence-electron chi connectivity index (χ3n) is 7.32. The van der Waals surface area contributed by atoms with E-state index in [0.717, 1.165) is 51.6 Å². The molecule has 2 aliphatic carbocycles. The Bertz CT molecular complexity index is 1580. The lowest BCUT2D eigenvalue weighted by atomic mass is 9.95. The van der Waals surface area contributed by atoms with Crippen LogP contribution in [0.1, 0.15) is 40.6 Å². The van der Waals surface area contributed by atoms with E-state index < -0.39 is 0 Å². The van der Waals surface area contributed by atoms with Crippen molar-refractivity contribution < 1.29 is 19.1 Å². The van der Waals surface area contributed by atoms with E-state index in [9.17, 15) is 14.4 Å². The smallest absolute Gasteiger partial charge is 0.341 e. The van der Waals surface area contributed by atoms with Crippen LogP contribution in [0, 0.1) is 0 Å². The zero-order valence-electron chi connectivity index (χ0n) is 23.1. The third kappa shape index (κ3) is 6.02. The van der Waals surface area contributed by atoms with Gasteiger partial charge < -0.3 is 15.4 Å². The lowest BCUT2D eigenvalue weighted by molar-refractivity contribution is -0.113. The highest BCUT2D eigenvalue weighted by Gasteiger charge is 2.36. The molecule has 0 radical (unpaired) electrons. The quantitative estimate of drug-likeness (QED) is 0.210. The van der Waals surface area contributed by atoms with Crippen LogP contribution in [0.3, 0.4) is 0 Å². The number of fused-ring (bicyclic) bond motifs is 3. The van der Waals surface area contributed by atoms with E-state index >= 15 is 0 Å². The maximum Gasteiger partial charge on any atom is 0.341 e. The molecule has 42 heavy (non-hydrogen) atoms. The number of nitrogens with zero attached hydrogens (tertiary/aromatic N) is 1. The van der Waals surface area contributed by atoms with Crippen LogP contribution in [-0.4, -0.2) is 41.6 Å². The molecular formula is C32H31N3O4S3. The summed E-state index contributed by atoms with van der Waals surface area (Å²) in [7, 11) is 0. The van der Waals surface area contributed by atoms with Gasteiger partial charge in [-0.25, -0.2) is 9.59 Å². The van der Waals surface area contributed by atoms with Crippen molar-refractivity contribution in [2.24, 2.45) is 0 Å². The maximum absolute atomic E-state index is 13.6. The van der Waals surface area contributed by atoms with Gasteiger partial charge in [0.2, 0.25) is 5.91 Å². The second-order valence-electron chi connectivity index (χ2n) is 10.1. The van der Waals surface area contributed by atoms with Gasteiger partial charge in [0.15, 0.2) is 0 Å². The van der Waals surface area contributed by atoms with E-state index in [1.54, 1.807) is 18.7 Å². The number of amides is 3. The summed E-state index contributed by atoms with van der Waals surface area (Å²) >= 11 is 4.63. The van der Waals surface area contributed by atoms with Gasteiger partial charge in [0.05, 0.1) is 34.9 Å². The highest BCUT2D eigenvalue weighted by molar-refractivity contribution is 8.00. The summed E-state index contributed by atoms with van der Waals surface area (Å²) in [6.45, 7) is 2.07. The van der Waals surface area contributed by atoms with Gasteiger partial charge in [-0.15, -0.1) is 34.9 Å². The maximum atomic E-state index is 13.6. The lowest BCUT2D eigenvalue weighted by Gasteiger charge is -2.40. The van der Waals surface area contributed by atoms with E-state index in [-0.39, 0.29) is 41.6 Å². The SMILES string of the molecule is CCOC(=O)c1c(NC(=O)CSc2cccc(NC(=O)N3c4ccccc4SC4C=CC=CC43)c2)sc2c1CCCC2. The van der Waals surface area contributed by atoms with Crippen molar-refractivity contribution in [1.82, 2.24) is 0 Å². The number of carbonyl (C=O) groups excluding carboxylic acids is 3. The summed E-state index contributed by atoms with van der Waals surface area (Å²) in [6, 6.07) is 15.2. The Labute approximate surface area is 257 Å². The monoisotopic (exact) mass is 617 g/mol. The molecule has 2 heterocycles. The second-order valence-corrected chi connectivity index (χ2v) is 13.5. The van der Waals surface area contributed by atoms with Crippen molar-refractivity contribution in [2.75, 3.05) is 27.9 Å². The average molecular weight is 618 g/mol. The highest BCUT2D eigenvalue weighted by Crippen LogP contribution is 2.44. The van der Waals surface area contributed by atoms with Gasteiger partial charge in [0.1, 0.15) is 5.00 Å². The van der Waals surface area contributed by atoms with Crippen LogP contribution in [0.5, 0.6) is 0 Å². The van der Waals surface area contributed by atoms with Gasteiger partial charge in [-0.3, -0.25) is 9.69 Å². The molecule has 0 bridgehead atoms. The molecule has 0 saturated carbocycles. The van der Waals surface area contributed by atoms with Crippen molar-refractivity contribution in [3.8, 4) is 0 Å². The molecule has 2 N–H and O–H groups in total. The average Bonchev–Trinajstić information content (AvgIpc) is 3.36. The molecule has 1 aliphatic heterocycles. The number of allylic oxidation sites excluding steroid dienone is 2. The number of ether oxygens (including phenoxy) is 1. The Hall–Kier alpha value is -3.47. The molecule has 2 aromatic carbocycles. The van der Waals surface area contributed by atoms with Gasteiger partial charge in [-0.2, -0.15) is 0 Å². The minimum absolute atomic E-state index is 0.0847. The van der Waals surface area contributed by atoms with Crippen LogP contribution in [0.2, 0.25) is 0 Å². The minimum atomic E-state index is -0.371. The van der Waals surface area contributed by atoms with Crippen molar-refractivity contribution in [2.45, 2.75) is 53.7 Å². The third-order valence-corrected chi connectivity index (χ3v) is 10.8. The molecule has 3 amide bonds. The second kappa shape index (κ2) is 12.8. The Balaban J connectivity index is 1.12.